The van der Waals surface area contributed by atoms with Crippen molar-refractivity contribution in [1.82, 2.24) is 0 Å². The lowest BCUT2D eigenvalue weighted by Gasteiger charge is -2.18. The van der Waals surface area contributed by atoms with Crippen LogP contribution in [0.4, 0.5) is 5.69 Å². The van der Waals surface area contributed by atoms with E-state index in [0.29, 0.717) is 11.3 Å². The molecule has 0 saturated carbocycles. The molecule has 33 heavy (non-hydrogen) atoms. The fourth-order valence-corrected chi connectivity index (χ4v) is 4.75. The van der Waals surface area contributed by atoms with Crippen molar-refractivity contribution >= 4 is 56.5 Å². The van der Waals surface area contributed by atoms with Crippen LogP contribution < -0.4 is 5.73 Å². The van der Waals surface area contributed by atoms with Gasteiger partial charge >= 0.3 is 5.97 Å². The zero-order valence-electron chi connectivity index (χ0n) is 18.2. The van der Waals surface area contributed by atoms with Gasteiger partial charge in [0.25, 0.3) is 0 Å². The van der Waals surface area contributed by atoms with Crippen LogP contribution in [-0.4, -0.2) is 17.3 Å². The van der Waals surface area contributed by atoms with E-state index in [2.05, 4.69) is 36.6 Å². The Hall–Kier alpha value is -3.96. The van der Waals surface area contributed by atoms with Crippen LogP contribution >= 0.6 is 11.3 Å². The lowest BCUT2D eigenvalue weighted by atomic mass is 9.87. The lowest BCUT2D eigenvalue weighted by molar-refractivity contribution is -0.131. The standard InChI is InChI=1S/C28H24N2O2S/c1-2-24(20-9-11-26-21(15-20)13-14-33-26)28(22-8-10-25(30)23(16-22)17-29)19-6-3-18(4-7-19)5-12-27(31)32/h3-17,29H,2,30H2,1H3,(H,31,32)/b12-5+,28-24+,29-17?. The van der Waals surface area contributed by atoms with Gasteiger partial charge in [0.1, 0.15) is 0 Å². The van der Waals surface area contributed by atoms with Crippen LogP contribution in [-0.2, 0) is 4.79 Å². The van der Waals surface area contributed by atoms with E-state index in [-0.39, 0.29) is 0 Å². The molecule has 0 unspecified atom stereocenters. The van der Waals surface area contributed by atoms with Crippen LogP contribution in [0.2, 0.25) is 0 Å². The number of aliphatic carboxylic acids is 1. The zero-order valence-corrected chi connectivity index (χ0v) is 19.0. The smallest absolute Gasteiger partial charge is 0.328 e. The molecule has 0 amide bonds. The average molecular weight is 453 g/mol. The van der Waals surface area contributed by atoms with Gasteiger partial charge in [0.2, 0.25) is 0 Å². The molecule has 0 spiro atoms. The van der Waals surface area contributed by atoms with E-state index in [4.69, 9.17) is 16.2 Å². The van der Waals surface area contributed by atoms with Gasteiger partial charge in [-0.3, -0.25) is 0 Å². The van der Waals surface area contributed by atoms with Crippen LogP contribution in [0, 0.1) is 5.41 Å². The maximum atomic E-state index is 10.9. The van der Waals surface area contributed by atoms with E-state index < -0.39 is 5.97 Å². The van der Waals surface area contributed by atoms with E-state index in [9.17, 15) is 4.79 Å². The molecule has 0 saturated heterocycles. The fraction of sp³-hybridized carbons (Fsp3) is 0.0714. The summed E-state index contributed by atoms with van der Waals surface area (Å²) < 4.78 is 1.25. The molecule has 4 nitrogen and oxygen atoms in total. The van der Waals surface area contributed by atoms with Gasteiger partial charge in [-0.25, -0.2) is 4.79 Å². The van der Waals surface area contributed by atoms with E-state index in [1.54, 1.807) is 17.4 Å². The van der Waals surface area contributed by atoms with Gasteiger partial charge in [-0.2, -0.15) is 0 Å². The molecule has 0 bridgehead atoms. The minimum absolute atomic E-state index is 0.569. The Balaban J connectivity index is 1.93. The quantitative estimate of drug-likeness (QED) is 0.123. The van der Waals surface area contributed by atoms with Crippen molar-refractivity contribution in [2.24, 2.45) is 0 Å². The number of carboxylic acid groups (broad SMARTS) is 1. The number of anilines is 1. The molecule has 3 aromatic carbocycles. The largest absolute Gasteiger partial charge is 0.478 e. The Morgan fingerprint density at radius 1 is 1.00 bits per heavy atom. The monoisotopic (exact) mass is 452 g/mol. The summed E-state index contributed by atoms with van der Waals surface area (Å²) in [5, 5.41) is 20.0. The van der Waals surface area contributed by atoms with E-state index >= 15 is 0 Å². The highest BCUT2D eigenvalue weighted by Crippen LogP contribution is 2.37. The van der Waals surface area contributed by atoms with Crippen LogP contribution in [0.25, 0.3) is 27.3 Å². The normalized spacial score (nSPS) is 12.2. The topological polar surface area (TPSA) is 87.2 Å². The molecule has 4 aromatic rings. The van der Waals surface area contributed by atoms with Crippen LogP contribution in [0.1, 0.15) is 41.2 Å². The number of carbonyl (C=O) groups is 1. The fourth-order valence-electron chi connectivity index (χ4n) is 3.98. The molecule has 164 valence electrons. The first-order chi connectivity index (χ1) is 16.0. The van der Waals surface area contributed by atoms with Crippen molar-refractivity contribution in [3.05, 3.63) is 106 Å². The first kappa shape index (κ1) is 22.2. The summed E-state index contributed by atoms with van der Waals surface area (Å²) in [6, 6.07) is 22.3. The van der Waals surface area contributed by atoms with Crippen molar-refractivity contribution in [3.63, 3.8) is 0 Å². The first-order valence-electron chi connectivity index (χ1n) is 10.6. The summed E-state index contributed by atoms with van der Waals surface area (Å²) >= 11 is 1.73. The first-order valence-corrected chi connectivity index (χ1v) is 11.5. The van der Waals surface area contributed by atoms with Crippen LogP contribution in [0.3, 0.4) is 0 Å². The van der Waals surface area contributed by atoms with Gasteiger partial charge in [-0.1, -0.05) is 43.3 Å². The molecular weight excluding hydrogens is 428 g/mol. The highest BCUT2D eigenvalue weighted by Gasteiger charge is 2.15. The number of carboxylic acids is 1. The number of thiophene rings is 1. The maximum Gasteiger partial charge on any atom is 0.328 e. The van der Waals surface area contributed by atoms with E-state index in [0.717, 1.165) is 40.3 Å². The minimum atomic E-state index is -0.974. The van der Waals surface area contributed by atoms with Gasteiger partial charge in [-0.05, 0) is 87.0 Å². The lowest BCUT2D eigenvalue weighted by Crippen LogP contribution is -1.99. The number of nitrogens with one attached hydrogen (secondary N) is 1. The summed E-state index contributed by atoms with van der Waals surface area (Å²) in [5.41, 5.74) is 13.5. The summed E-state index contributed by atoms with van der Waals surface area (Å²) in [5.74, 6) is -0.974. The maximum absolute atomic E-state index is 10.9. The summed E-state index contributed by atoms with van der Waals surface area (Å²) in [6.45, 7) is 2.14. The van der Waals surface area contributed by atoms with Gasteiger partial charge in [0, 0.05) is 28.2 Å². The number of hydrogen-bond donors (Lipinski definition) is 3. The number of nitrogens with two attached hydrogens (primary N) is 1. The van der Waals surface area contributed by atoms with E-state index in [1.807, 2.05) is 42.5 Å². The Bertz CT molecular complexity index is 1400. The molecule has 0 radical (unpaired) electrons. The third kappa shape index (κ3) is 4.78. The number of allylic oxidation sites excluding steroid dienone is 1. The Morgan fingerprint density at radius 2 is 1.73 bits per heavy atom. The molecule has 0 atom stereocenters. The Morgan fingerprint density at radius 3 is 2.42 bits per heavy atom. The summed E-state index contributed by atoms with van der Waals surface area (Å²) in [6.07, 6.45) is 4.81. The molecule has 4 rings (SSSR count). The van der Waals surface area contributed by atoms with Crippen molar-refractivity contribution in [3.8, 4) is 0 Å². The average Bonchev–Trinajstić information content (AvgIpc) is 3.30. The van der Waals surface area contributed by atoms with Crippen molar-refractivity contribution in [2.75, 3.05) is 5.73 Å². The molecule has 0 fully saturated rings. The highest BCUT2D eigenvalue weighted by molar-refractivity contribution is 7.17. The third-order valence-electron chi connectivity index (χ3n) is 5.60. The SMILES string of the molecule is CC/C(=C(/c1ccc(/C=C/C(=O)O)cc1)c1ccc(N)c(C=N)c1)c1ccc2sccc2c1. The summed E-state index contributed by atoms with van der Waals surface area (Å²) in [7, 11) is 0. The number of rotatable bonds is 7. The molecular formula is C28H24N2O2S. The minimum Gasteiger partial charge on any atom is -0.478 e. The predicted octanol–water partition coefficient (Wildman–Crippen LogP) is 6.95. The van der Waals surface area contributed by atoms with Gasteiger partial charge < -0.3 is 16.2 Å². The molecule has 0 aliphatic heterocycles. The second kappa shape index (κ2) is 9.67. The Labute approximate surface area is 196 Å². The predicted molar refractivity (Wildman–Crippen MR) is 140 cm³/mol. The van der Waals surface area contributed by atoms with Gasteiger partial charge in [0.15, 0.2) is 0 Å². The summed E-state index contributed by atoms with van der Waals surface area (Å²) in [4.78, 5) is 10.9. The molecule has 1 heterocycles. The molecule has 4 N–H and O–H groups in total. The van der Waals surface area contributed by atoms with Gasteiger partial charge in [0.05, 0.1) is 0 Å². The van der Waals surface area contributed by atoms with Crippen LogP contribution in [0.15, 0.2) is 78.2 Å². The van der Waals surface area contributed by atoms with Crippen molar-refractivity contribution in [2.45, 2.75) is 13.3 Å². The highest BCUT2D eigenvalue weighted by atomic mass is 32.1. The van der Waals surface area contributed by atoms with E-state index in [1.165, 1.54) is 21.9 Å². The number of fused-ring (bicyclic) bond motifs is 1. The molecule has 5 heteroatoms. The zero-order chi connectivity index (χ0) is 23.4. The number of benzene rings is 3. The molecule has 0 aliphatic carbocycles. The number of hydrogen-bond acceptors (Lipinski definition) is 4. The van der Waals surface area contributed by atoms with Crippen molar-refractivity contribution in [1.29, 1.82) is 5.41 Å². The third-order valence-corrected chi connectivity index (χ3v) is 6.50. The second-order valence-corrected chi connectivity index (χ2v) is 8.61. The molecule has 1 aromatic heterocycles. The van der Waals surface area contributed by atoms with Crippen molar-refractivity contribution < 1.29 is 9.90 Å². The second-order valence-electron chi connectivity index (χ2n) is 7.66. The number of nitrogen functional groups attached to an aromatic ring is 1. The van der Waals surface area contributed by atoms with Crippen LogP contribution in [0.5, 0.6) is 0 Å². The Kier molecular flexibility index (Phi) is 6.52. The molecule has 0 aliphatic rings. The van der Waals surface area contributed by atoms with Gasteiger partial charge in [-0.15, -0.1) is 11.3 Å².